The second-order valence-electron chi connectivity index (χ2n) is 5.22. The number of hydrogen-bond acceptors (Lipinski definition) is 5. The van der Waals surface area contributed by atoms with E-state index in [0.717, 1.165) is 10.7 Å². The van der Waals surface area contributed by atoms with Crippen molar-refractivity contribution in [2.75, 3.05) is 26.2 Å². The summed E-state index contributed by atoms with van der Waals surface area (Å²) in [5.41, 5.74) is 1.38. The molecule has 2 aromatic heterocycles. The van der Waals surface area contributed by atoms with Crippen molar-refractivity contribution in [3.63, 3.8) is 0 Å². The van der Waals surface area contributed by atoms with E-state index in [-0.39, 0.29) is 11.8 Å². The summed E-state index contributed by atoms with van der Waals surface area (Å²) < 4.78 is 4.94. The van der Waals surface area contributed by atoms with Crippen LogP contribution in [0, 0.1) is 6.92 Å². The second-order valence-corrected chi connectivity index (χ2v) is 6.28. The number of thiazole rings is 1. The number of hydrogen-bond donors (Lipinski definition) is 0. The van der Waals surface area contributed by atoms with Crippen LogP contribution >= 0.6 is 11.3 Å². The molecule has 2 amide bonds. The molecular weight excluding hydrogens is 302 g/mol. The number of carbonyl (C=O) groups excluding carboxylic acids is 2. The maximum atomic E-state index is 12.3. The molecule has 0 radical (unpaired) electrons. The molecule has 0 saturated carbocycles. The number of rotatable bonds is 3. The van der Waals surface area contributed by atoms with Crippen LogP contribution in [0.4, 0.5) is 0 Å². The lowest BCUT2D eigenvalue weighted by Crippen LogP contribution is -2.50. The molecule has 0 aromatic carbocycles. The summed E-state index contributed by atoms with van der Waals surface area (Å²) in [6, 6.07) is 1.66. The average Bonchev–Trinajstić information content (AvgIpc) is 3.18. The third-order valence-corrected chi connectivity index (χ3v) is 4.51. The van der Waals surface area contributed by atoms with Crippen molar-refractivity contribution in [3.05, 3.63) is 40.2 Å². The maximum absolute atomic E-state index is 12.3. The molecule has 0 N–H and O–H groups in total. The van der Waals surface area contributed by atoms with Crippen molar-refractivity contribution in [1.82, 2.24) is 14.8 Å². The van der Waals surface area contributed by atoms with Crippen molar-refractivity contribution in [2.45, 2.75) is 13.3 Å². The van der Waals surface area contributed by atoms with Gasteiger partial charge in [0, 0.05) is 31.6 Å². The minimum atomic E-state index is -0.0454. The molecule has 1 aliphatic heterocycles. The van der Waals surface area contributed by atoms with Crippen molar-refractivity contribution < 1.29 is 14.0 Å². The second kappa shape index (κ2) is 6.31. The average molecular weight is 319 g/mol. The summed E-state index contributed by atoms with van der Waals surface area (Å²) >= 11 is 1.55. The Hall–Kier alpha value is -2.15. The predicted octanol–water partition coefficient (Wildman–Crippen LogP) is 1.57. The fourth-order valence-corrected chi connectivity index (χ4v) is 3.10. The topological polar surface area (TPSA) is 66.7 Å². The Morgan fingerprint density at radius 3 is 2.59 bits per heavy atom. The van der Waals surface area contributed by atoms with Gasteiger partial charge in [0.1, 0.15) is 6.26 Å². The molecule has 7 heteroatoms. The first kappa shape index (κ1) is 14.8. The Labute approximate surface area is 132 Å². The van der Waals surface area contributed by atoms with Crippen molar-refractivity contribution >= 4 is 23.2 Å². The number of aryl methyl sites for hydroxylation is 1. The minimum Gasteiger partial charge on any atom is -0.472 e. The summed E-state index contributed by atoms with van der Waals surface area (Å²) in [5, 5.41) is 2.89. The molecule has 0 bridgehead atoms. The lowest BCUT2D eigenvalue weighted by atomic mass is 10.2. The van der Waals surface area contributed by atoms with Gasteiger partial charge in [0.05, 0.1) is 28.9 Å². The zero-order chi connectivity index (χ0) is 15.5. The summed E-state index contributed by atoms with van der Waals surface area (Å²) in [5.74, 6) is 0.0247. The number of aromatic nitrogens is 1. The summed E-state index contributed by atoms with van der Waals surface area (Å²) in [4.78, 5) is 32.3. The van der Waals surface area contributed by atoms with Gasteiger partial charge in [-0.05, 0) is 13.0 Å². The third kappa shape index (κ3) is 3.19. The largest absolute Gasteiger partial charge is 0.472 e. The highest BCUT2D eigenvalue weighted by atomic mass is 32.1. The van der Waals surface area contributed by atoms with Crippen LogP contribution in [0.3, 0.4) is 0 Å². The van der Waals surface area contributed by atoms with Gasteiger partial charge in [0.2, 0.25) is 5.91 Å². The van der Waals surface area contributed by atoms with Gasteiger partial charge in [-0.3, -0.25) is 9.59 Å². The van der Waals surface area contributed by atoms with E-state index in [9.17, 15) is 9.59 Å². The van der Waals surface area contributed by atoms with Crippen LogP contribution in [0.1, 0.15) is 21.1 Å². The highest BCUT2D eigenvalue weighted by Crippen LogP contribution is 2.12. The monoisotopic (exact) mass is 319 g/mol. The molecule has 1 saturated heterocycles. The lowest BCUT2D eigenvalue weighted by molar-refractivity contribution is -0.132. The van der Waals surface area contributed by atoms with Crippen molar-refractivity contribution in [3.8, 4) is 0 Å². The van der Waals surface area contributed by atoms with Gasteiger partial charge in [0.15, 0.2) is 0 Å². The first-order chi connectivity index (χ1) is 10.6. The first-order valence-electron chi connectivity index (χ1n) is 7.14. The quantitative estimate of drug-likeness (QED) is 0.861. The molecule has 1 aliphatic rings. The highest BCUT2D eigenvalue weighted by Gasteiger charge is 2.25. The Morgan fingerprint density at radius 2 is 2.00 bits per heavy atom. The predicted molar refractivity (Wildman–Crippen MR) is 81.7 cm³/mol. The number of amides is 2. The van der Waals surface area contributed by atoms with E-state index in [1.54, 1.807) is 27.2 Å². The van der Waals surface area contributed by atoms with Crippen molar-refractivity contribution in [2.24, 2.45) is 0 Å². The molecule has 0 aliphatic carbocycles. The van der Waals surface area contributed by atoms with Gasteiger partial charge in [-0.25, -0.2) is 4.98 Å². The SMILES string of the molecule is Cc1nc(CC(=O)N2CCN(C(=O)c3ccoc3)CC2)cs1. The van der Waals surface area contributed by atoms with Gasteiger partial charge in [-0.2, -0.15) is 0 Å². The van der Waals surface area contributed by atoms with E-state index in [0.29, 0.717) is 38.2 Å². The molecule has 0 unspecified atom stereocenters. The highest BCUT2D eigenvalue weighted by molar-refractivity contribution is 7.09. The summed E-state index contributed by atoms with van der Waals surface area (Å²) in [6.07, 6.45) is 3.27. The lowest BCUT2D eigenvalue weighted by Gasteiger charge is -2.34. The van der Waals surface area contributed by atoms with Crippen LogP contribution in [-0.2, 0) is 11.2 Å². The van der Waals surface area contributed by atoms with Crippen LogP contribution in [0.2, 0.25) is 0 Å². The van der Waals surface area contributed by atoms with E-state index < -0.39 is 0 Å². The van der Waals surface area contributed by atoms with Gasteiger partial charge in [-0.1, -0.05) is 0 Å². The molecule has 2 aromatic rings. The number of nitrogens with zero attached hydrogens (tertiary/aromatic N) is 3. The first-order valence-corrected chi connectivity index (χ1v) is 8.01. The Balaban J connectivity index is 1.53. The van der Waals surface area contributed by atoms with E-state index in [2.05, 4.69) is 4.98 Å². The van der Waals surface area contributed by atoms with Crippen LogP contribution in [0.5, 0.6) is 0 Å². The fourth-order valence-electron chi connectivity index (χ4n) is 2.48. The van der Waals surface area contributed by atoms with Crippen molar-refractivity contribution in [1.29, 1.82) is 0 Å². The summed E-state index contributed by atoms with van der Waals surface area (Å²) in [6.45, 7) is 4.15. The Kier molecular flexibility index (Phi) is 4.24. The molecule has 0 spiro atoms. The molecule has 3 heterocycles. The van der Waals surface area contributed by atoms with Crippen LogP contribution in [0.15, 0.2) is 28.4 Å². The number of furan rings is 1. The summed E-state index contributed by atoms with van der Waals surface area (Å²) in [7, 11) is 0. The molecule has 6 nitrogen and oxygen atoms in total. The van der Waals surface area contributed by atoms with Crippen LogP contribution in [-0.4, -0.2) is 52.8 Å². The smallest absolute Gasteiger partial charge is 0.257 e. The van der Waals surface area contributed by atoms with Gasteiger partial charge >= 0.3 is 0 Å². The third-order valence-electron chi connectivity index (χ3n) is 3.69. The van der Waals surface area contributed by atoms with E-state index in [4.69, 9.17) is 4.42 Å². The van der Waals surface area contributed by atoms with Gasteiger partial charge in [0.25, 0.3) is 5.91 Å². The van der Waals surface area contributed by atoms with E-state index in [1.807, 2.05) is 12.3 Å². The zero-order valence-corrected chi connectivity index (χ0v) is 13.1. The molecule has 116 valence electrons. The molecule has 0 atom stereocenters. The van der Waals surface area contributed by atoms with E-state index in [1.165, 1.54) is 12.5 Å². The number of piperazine rings is 1. The van der Waals surface area contributed by atoms with Crippen LogP contribution in [0.25, 0.3) is 0 Å². The number of carbonyl (C=O) groups is 2. The molecule has 3 rings (SSSR count). The molecule has 1 fully saturated rings. The molecular formula is C15H17N3O3S. The van der Waals surface area contributed by atoms with Crippen LogP contribution < -0.4 is 0 Å². The maximum Gasteiger partial charge on any atom is 0.257 e. The van der Waals surface area contributed by atoms with Gasteiger partial charge in [-0.15, -0.1) is 11.3 Å². The normalized spacial score (nSPS) is 15.1. The Bertz CT molecular complexity index is 657. The zero-order valence-electron chi connectivity index (χ0n) is 12.3. The molecule has 22 heavy (non-hydrogen) atoms. The minimum absolute atomic E-state index is 0.0454. The van der Waals surface area contributed by atoms with Gasteiger partial charge < -0.3 is 14.2 Å². The standard InChI is InChI=1S/C15H17N3O3S/c1-11-16-13(10-22-11)8-14(19)17-3-5-18(6-4-17)15(20)12-2-7-21-9-12/h2,7,9-10H,3-6,8H2,1H3. The fraction of sp³-hybridized carbons (Fsp3) is 0.400. The Morgan fingerprint density at radius 1 is 1.27 bits per heavy atom. The van der Waals surface area contributed by atoms with E-state index >= 15 is 0 Å².